The standard InChI is InChI=1S/C18H24N4O3/c1-19-8-9-21(2)10-12-4-3-5-13-14(12)11-22(18(13)25)15-6-7-16(23)20-17(15)24/h3-5,15,19H,6-11H2,1-2H3,(H,20,23,24). The number of carbonyl (C=O) groups is 3. The highest BCUT2D eigenvalue weighted by Crippen LogP contribution is 2.30. The monoisotopic (exact) mass is 344 g/mol. The van der Waals surface area contributed by atoms with E-state index in [1.54, 1.807) is 4.90 Å². The minimum absolute atomic E-state index is 0.121. The smallest absolute Gasteiger partial charge is 0.255 e. The Kier molecular flexibility index (Phi) is 5.15. The molecular weight excluding hydrogens is 320 g/mol. The second-order valence-corrected chi connectivity index (χ2v) is 6.68. The Labute approximate surface area is 147 Å². The van der Waals surface area contributed by atoms with E-state index < -0.39 is 6.04 Å². The number of carbonyl (C=O) groups excluding carboxylic acids is 3. The molecule has 2 aliphatic heterocycles. The Morgan fingerprint density at radius 3 is 2.84 bits per heavy atom. The van der Waals surface area contributed by atoms with E-state index >= 15 is 0 Å². The van der Waals surface area contributed by atoms with Crippen LogP contribution in [0.25, 0.3) is 0 Å². The van der Waals surface area contributed by atoms with Crippen LogP contribution < -0.4 is 10.6 Å². The molecule has 1 saturated heterocycles. The molecule has 3 amide bonds. The number of hydrogen-bond donors (Lipinski definition) is 2. The van der Waals surface area contributed by atoms with Crippen LogP contribution in [0.1, 0.15) is 34.3 Å². The number of nitrogens with zero attached hydrogens (tertiary/aromatic N) is 2. The van der Waals surface area contributed by atoms with Gasteiger partial charge in [0, 0.05) is 38.2 Å². The van der Waals surface area contributed by atoms with Crippen molar-refractivity contribution in [1.82, 2.24) is 20.4 Å². The van der Waals surface area contributed by atoms with Crippen molar-refractivity contribution < 1.29 is 14.4 Å². The highest BCUT2D eigenvalue weighted by molar-refractivity contribution is 6.05. The Hall–Kier alpha value is -2.25. The van der Waals surface area contributed by atoms with Gasteiger partial charge in [0.25, 0.3) is 5.91 Å². The van der Waals surface area contributed by atoms with Crippen molar-refractivity contribution >= 4 is 17.7 Å². The van der Waals surface area contributed by atoms with Crippen LogP contribution in [0.15, 0.2) is 18.2 Å². The van der Waals surface area contributed by atoms with E-state index in [1.807, 2.05) is 32.3 Å². The lowest BCUT2D eigenvalue weighted by atomic mass is 10.0. The summed E-state index contributed by atoms with van der Waals surface area (Å²) >= 11 is 0. The van der Waals surface area contributed by atoms with Gasteiger partial charge < -0.3 is 15.1 Å². The fourth-order valence-electron chi connectivity index (χ4n) is 3.47. The molecule has 1 fully saturated rings. The van der Waals surface area contributed by atoms with E-state index in [0.717, 1.165) is 30.8 Å². The van der Waals surface area contributed by atoms with Crippen molar-refractivity contribution in [2.75, 3.05) is 27.2 Å². The summed E-state index contributed by atoms with van der Waals surface area (Å²) < 4.78 is 0. The van der Waals surface area contributed by atoms with E-state index in [-0.39, 0.29) is 24.1 Å². The predicted octanol–water partition coefficient (Wildman–Crippen LogP) is 0.0988. The molecule has 0 spiro atoms. The fourth-order valence-corrected chi connectivity index (χ4v) is 3.47. The molecule has 0 bridgehead atoms. The summed E-state index contributed by atoms with van der Waals surface area (Å²) in [6.45, 7) is 2.98. The summed E-state index contributed by atoms with van der Waals surface area (Å²) in [5, 5.41) is 5.46. The average molecular weight is 344 g/mol. The zero-order valence-electron chi connectivity index (χ0n) is 14.7. The lowest BCUT2D eigenvalue weighted by Crippen LogP contribution is -2.52. The lowest BCUT2D eigenvalue weighted by Gasteiger charge is -2.29. The molecule has 2 N–H and O–H groups in total. The highest BCUT2D eigenvalue weighted by Gasteiger charge is 2.39. The molecule has 0 radical (unpaired) electrons. The van der Waals surface area contributed by atoms with Crippen LogP contribution in [-0.2, 0) is 22.7 Å². The Morgan fingerprint density at radius 1 is 1.32 bits per heavy atom. The van der Waals surface area contributed by atoms with Gasteiger partial charge in [-0.05, 0) is 37.7 Å². The van der Waals surface area contributed by atoms with Gasteiger partial charge in [-0.25, -0.2) is 0 Å². The first kappa shape index (κ1) is 17.6. The molecule has 7 nitrogen and oxygen atoms in total. The normalized spacial score (nSPS) is 20.2. The quantitative estimate of drug-likeness (QED) is 0.716. The van der Waals surface area contributed by atoms with Gasteiger partial charge in [-0.15, -0.1) is 0 Å². The molecule has 3 rings (SSSR count). The largest absolute Gasteiger partial charge is 0.322 e. The SMILES string of the molecule is CNCCN(C)Cc1cccc2c1CN(C1CCC(=O)NC1=O)C2=O. The fraction of sp³-hybridized carbons (Fsp3) is 0.500. The second kappa shape index (κ2) is 7.33. The summed E-state index contributed by atoms with van der Waals surface area (Å²) in [5.41, 5.74) is 2.77. The van der Waals surface area contributed by atoms with Crippen LogP contribution >= 0.6 is 0 Å². The Balaban J connectivity index is 1.78. The first-order valence-electron chi connectivity index (χ1n) is 8.60. The average Bonchev–Trinajstić information content (AvgIpc) is 2.91. The van der Waals surface area contributed by atoms with Crippen LogP contribution in [-0.4, -0.2) is 60.7 Å². The molecule has 1 atom stereocenters. The number of rotatable bonds is 6. The third-order valence-corrected chi connectivity index (χ3v) is 4.86. The molecule has 2 aliphatic rings. The third kappa shape index (κ3) is 3.57. The summed E-state index contributed by atoms with van der Waals surface area (Å²) in [4.78, 5) is 40.0. The van der Waals surface area contributed by atoms with E-state index in [9.17, 15) is 14.4 Å². The molecule has 1 aromatic rings. The van der Waals surface area contributed by atoms with Gasteiger partial charge in [-0.1, -0.05) is 12.1 Å². The summed E-state index contributed by atoms with van der Waals surface area (Å²) in [6.07, 6.45) is 0.665. The molecule has 7 heteroatoms. The molecule has 0 saturated carbocycles. The first-order chi connectivity index (χ1) is 12.0. The summed E-state index contributed by atoms with van der Waals surface area (Å²) in [6, 6.07) is 5.19. The number of imide groups is 1. The number of likely N-dealkylation sites (N-methyl/N-ethyl adjacent to an activating group) is 2. The molecule has 2 heterocycles. The van der Waals surface area contributed by atoms with E-state index in [1.165, 1.54) is 0 Å². The molecule has 134 valence electrons. The number of hydrogen-bond acceptors (Lipinski definition) is 5. The summed E-state index contributed by atoms with van der Waals surface area (Å²) in [5.74, 6) is -0.758. The number of piperidine rings is 1. The van der Waals surface area contributed by atoms with Gasteiger partial charge in [0.15, 0.2) is 0 Å². The van der Waals surface area contributed by atoms with E-state index in [2.05, 4.69) is 15.5 Å². The lowest BCUT2D eigenvalue weighted by molar-refractivity contribution is -0.136. The van der Waals surface area contributed by atoms with E-state index in [0.29, 0.717) is 18.5 Å². The van der Waals surface area contributed by atoms with Crippen molar-refractivity contribution in [2.45, 2.75) is 32.0 Å². The highest BCUT2D eigenvalue weighted by atomic mass is 16.2. The maximum absolute atomic E-state index is 12.8. The molecular formula is C18H24N4O3. The van der Waals surface area contributed by atoms with Crippen LogP contribution in [0, 0.1) is 0 Å². The first-order valence-corrected chi connectivity index (χ1v) is 8.60. The van der Waals surface area contributed by atoms with Gasteiger partial charge in [-0.3, -0.25) is 19.7 Å². The maximum atomic E-state index is 12.8. The number of nitrogens with one attached hydrogen (secondary N) is 2. The molecule has 0 aromatic heterocycles. The number of benzene rings is 1. The minimum atomic E-state index is -0.563. The molecule has 25 heavy (non-hydrogen) atoms. The van der Waals surface area contributed by atoms with Crippen molar-refractivity contribution in [2.24, 2.45) is 0 Å². The van der Waals surface area contributed by atoms with Crippen molar-refractivity contribution in [3.8, 4) is 0 Å². The zero-order chi connectivity index (χ0) is 18.0. The van der Waals surface area contributed by atoms with Gasteiger partial charge in [0.1, 0.15) is 6.04 Å². The maximum Gasteiger partial charge on any atom is 0.255 e. The Bertz CT molecular complexity index is 704. The van der Waals surface area contributed by atoms with Crippen LogP contribution in [0.5, 0.6) is 0 Å². The van der Waals surface area contributed by atoms with Gasteiger partial charge in [0.2, 0.25) is 11.8 Å². The van der Waals surface area contributed by atoms with Gasteiger partial charge in [-0.2, -0.15) is 0 Å². The van der Waals surface area contributed by atoms with E-state index in [4.69, 9.17) is 0 Å². The zero-order valence-corrected chi connectivity index (χ0v) is 14.7. The minimum Gasteiger partial charge on any atom is -0.322 e. The summed E-state index contributed by atoms with van der Waals surface area (Å²) in [7, 11) is 3.97. The number of amides is 3. The molecule has 1 unspecified atom stereocenters. The number of fused-ring (bicyclic) bond motifs is 1. The van der Waals surface area contributed by atoms with Crippen LogP contribution in [0.3, 0.4) is 0 Å². The molecule has 0 aliphatic carbocycles. The molecule has 1 aromatic carbocycles. The third-order valence-electron chi connectivity index (χ3n) is 4.86. The Morgan fingerprint density at radius 2 is 2.12 bits per heavy atom. The van der Waals surface area contributed by atoms with Crippen molar-refractivity contribution in [1.29, 1.82) is 0 Å². The van der Waals surface area contributed by atoms with Gasteiger partial charge >= 0.3 is 0 Å². The second-order valence-electron chi connectivity index (χ2n) is 6.68. The topological polar surface area (TPSA) is 81.8 Å². The van der Waals surface area contributed by atoms with Crippen LogP contribution in [0.2, 0.25) is 0 Å². The predicted molar refractivity (Wildman–Crippen MR) is 92.7 cm³/mol. The van der Waals surface area contributed by atoms with Crippen molar-refractivity contribution in [3.05, 3.63) is 34.9 Å². The van der Waals surface area contributed by atoms with Crippen LogP contribution in [0.4, 0.5) is 0 Å². The van der Waals surface area contributed by atoms with Gasteiger partial charge in [0.05, 0.1) is 0 Å². The van der Waals surface area contributed by atoms with Crippen molar-refractivity contribution in [3.63, 3.8) is 0 Å².